The van der Waals surface area contributed by atoms with Gasteiger partial charge in [-0.15, -0.1) is 0 Å². The van der Waals surface area contributed by atoms with Crippen molar-refractivity contribution in [3.05, 3.63) is 29.1 Å². The summed E-state index contributed by atoms with van der Waals surface area (Å²) in [4.78, 5) is 13.5. The lowest BCUT2D eigenvalue weighted by Crippen LogP contribution is -2.29. The zero-order valence-electron chi connectivity index (χ0n) is 11.4. The van der Waals surface area contributed by atoms with Gasteiger partial charge in [-0.2, -0.15) is 0 Å². The highest BCUT2D eigenvalue weighted by Gasteiger charge is 2.26. The Morgan fingerprint density at radius 3 is 2.60 bits per heavy atom. The first kappa shape index (κ1) is 14.9. The van der Waals surface area contributed by atoms with E-state index in [1.165, 1.54) is 6.92 Å². The number of benzene rings is 1. The molecule has 1 amide bonds. The van der Waals surface area contributed by atoms with Crippen LogP contribution < -0.4 is 5.14 Å². The molecule has 0 bridgehead atoms. The number of sulfonamides is 1. The molecule has 1 saturated heterocycles. The van der Waals surface area contributed by atoms with Gasteiger partial charge in [-0.05, 0) is 31.4 Å². The van der Waals surface area contributed by atoms with Crippen molar-refractivity contribution in [2.24, 2.45) is 11.1 Å². The molecule has 5 nitrogen and oxygen atoms in total. The minimum absolute atomic E-state index is 0.0197. The quantitative estimate of drug-likeness (QED) is 0.893. The third-order valence-corrected chi connectivity index (χ3v) is 4.60. The molecule has 2 rings (SSSR count). The molecule has 2 N–H and O–H groups in total. The number of nitrogens with zero attached hydrogens (tertiary/aromatic N) is 1. The molecular weight excluding hydrogens is 283 g/mol. The Bertz CT molecular complexity index is 658. The topological polar surface area (TPSA) is 80.5 Å². The fraction of sp³-hybridized carbons (Fsp3) is 0.462. The van der Waals surface area contributed by atoms with Crippen molar-refractivity contribution >= 4 is 15.9 Å². The van der Waals surface area contributed by atoms with Crippen LogP contribution in [0.1, 0.15) is 29.3 Å². The van der Waals surface area contributed by atoms with Crippen molar-refractivity contribution in [3.8, 4) is 0 Å². The summed E-state index contributed by atoms with van der Waals surface area (Å²) in [5.74, 6) is -0.711. The molecule has 1 fully saturated rings. The molecule has 110 valence electrons. The molecule has 1 aliphatic heterocycles. The van der Waals surface area contributed by atoms with Crippen LogP contribution in [0.15, 0.2) is 17.0 Å². The second-order valence-electron chi connectivity index (χ2n) is 5.27. The molecule has 1 aliphatic rings. The van der Waals surface area contributed by atoms with E-state index in [1.807, 2.05) is 6.92 Å². The van der Waals surface area contributed by atoms with Crippen LogP contribution in [0.3, 0.4) is 0 Å². The van der Waals surface area contributed by atoms with Crippen molar-refractivity contribution in [2.45, 2.75) is 25.2 Å². The van der Waals surface area contributed by atoms with Crippen molar-refractivity contribution in [1.29, 1.82) is 0 Å². The van der Waals surface area contributed by atoms with Crippen LogP contribution in [-0.4, -0.2) is 32.3 Å². The standard InChI is InChI=1S/C13H17FN2O3S/c1-8-3-4-16(7-8)13(17)10-5-11(14)9(2)12(6-10)20(15,18)19/h5-6,8H,3-4,7H2,1-2H3,(H2,15,18,19). The van der Waals surface area contributed by atoms with Crippen LogP contribution in [0.2, 0.25) is 0 Å². The second kappa shape index (κ2) is 5.14. The third kappa shape index (κ3) is 2.83. The van der Waals surface area contributed by atoms with Gasteiger partial charge in [-0.25, -0.2) is 17.9 Å². The van der Waals surface area contributed by atoms with Crippen molar-refractivity contribution in [3.63, 3.8) is 0 Å². The van der Waals surface area contributed by atoms with E-state index in [0.29, 0.717) is 19.0 Å². The van der Waals surface area contributed by atoms with Crippen LogP contribution in [0.5, 0.6) is 0 Å². The number of primary sulfonamides is 1. The van der Waals surface area contributed by atoms with Crippen LogP contribution in [0, 0.1) is 18.7 Å². The lowest BCUT2D eigenvalue weighted by atomic mass is 10.1. The summed E-state index contributed by atoms with van der Waals surface area (Å²) >= 11 is 0. The highest BCUT2D eigenvalue weighted by molar-refractivity contribution is 7.89. The van der Waals surface area contributed by atoms with Gasteiger partial charge < -0.3 is 4.90 Å². The van der Waals surface area contributed by atoms with E-state index in [-0.39, 0.29) is 21.9 Å². The summed E-state index contributed by atoms with van der Waals surface area (Å²) in [6.45, 7) is 4.54. The number of carbonyl (C=O) groups is 1. The number of carbonyl (C=O) groups excluding carboxylic acids is 1. The van der Waals surface area contributed by atoms with E-state index in [2.05, 4.69) is 0 Å². The first-order chi connectivity index (χ1) is 9.20. The molecular formula is C13H17FN2O3S. The third-order valence-electron chi connectivity index (χ3n) is 3.56. The fourth-order valence-corrected chi connectivity index (χ4v) is 3.19. The number of rotatable bonds is 2. The minimum atomic E-state index is -4.06. The Balaban J connectivity index is 2.43. The highest BCUT2D eigenvalue weighted by atomic mass is 32.2. The molecule has 0 spiro atoms. The number of amides is 1. The van der Waals surface area contributed by atoms with Gasteiger partial charge in [0.1, 0.15) is 5.82 Å². The van der Waals surface area contributed by atoms with E-state index >= 15 is 0 Å². The fourth-order valence-electron chi connectivity index (χ4n) is 2.37. The Kier molecular flexibility index (Phi) is 3.84. The van der Waals surface area contributed by atoms with Gasteiger partial charge in [0.25, 0.3) is 5.91 Å². The van der Waals surface area contributed by atoms with Gasteiger partial charge in [0.2, 0.25) is 10.0 Å². The van der Waals surface area contributed by atoms with E-state index in [4.69, 9.17) is 5.14 Å². The lowest BCUT2D eigenvalue weighted by molar-refractivity contribution is 0.0787. The van der Waals surface area contributed by atoms with Gasteiger partial charge in [-0.1, -0.05) is 6.92 Å². The Morgan fingerprint density at radius 1 is 1.45 bits per heavy atom. The van der Waals surface area contributed by atoms with Crippen LogP contribution in [-0.2, 0) is 10.0 Å². The maximum Gasteiger partial charge on any atom is 0.254 e. The van der Waals surface area contributed by atoms with Crippen LogP contribution in [0.4, 0.5) is 4.39 Å². The first-order valence-electron chi connectivity index (χ1n) is 6.32. The Hall–Kier alpha value is -1.47. The lowest BCUT2D eigenvalue weighted by Gasteiger charge is -2.17. The molecule has 1 aromatic rings. The van der Waals surface area contributed by atoms with Gasteiger partial charge in [-0.3, -0.25) is 4.79 Å². The molecule has 1 unspecified atom stereocenters. The average Bonchev–Trinajstić information content (AvgIpc) is 2.76. The molecule has 1 aromatic carbocycles. The maximum absolute atomic E-state index is 13.8. The number of likely N-dealkylation sites (tertiary alicyclic amines) is 1. The van der Waals surface area contributed by atoms with Crippen molar-refractivity contribution in [1.82, 2.24) is 4.90 Å². The monoisotopic (exact) mass is 300 g/mol. The largest absolute Gasteiger partial charge is 0.338 e. The SMILES string of the molecule is Cc1c(F)cc(C(=O)N2CCC(C)C2)cc1S(N)(=O)=O. The van der Waals surface area contributed by atoms with Gasteiger partial charge in [0.05, 0.1) is 4.90 Å². The summed E-state index contributed by atoms with van der Waals surface area (Å²) in [6.07, 6.45) is 0.891. The number of hydrogen-bond acceptors (Lipinski definition) is 3. The maximum atomic E-state index is 13.8. The zero-order valence-corrected chi connectivity index (χ0v) is 12.2. The molecule has 0 radical (unpaired) electrons. The second-order valence-corrected chi connectivity index (χ2v) is 6.80. The minimum Gasteiger partial charge on any atom is -0.338 e. The van der Waals surface area contributed by atoms with E-state index in [9.17, 15) is 17.6 Å². The summed E-state index contributed by atoms with van der Waals surface area (Å²) in [6, 6.07) is 2.22. The summed E-state index contributed by atoms with van der Waals surface area (Å²) in [5.41, 5.74) is -0.0509. The summed E-state index contributed by atoms with van der Waals surface area (Å²) in [5, 5.41) is 5.05. The Labute approximate surface area is 117 Å². The molecule has 0 aliphatic carbocycles. The molecule has 20 heavy (non-hydrogen) atoms. The number of nitrogens with two attached hydrogens (primary N) is 1. The smallest absolute Gasteiger partial charge is 0.254 e. The molecule has 7 heteroatoms. The molecule has 0 saturated carbocycles. The predicted molar refractivity (Wildman–Crippen MR) is 72.2 cm³/mol. The number of hydrogen-bond donors (Lipinski definition) is 1. The zero-order chi connectivity index (χ0) is 15.1. The van der Waals surface area contributed by atoms with E-state index in [0.717, 1.165) is 18.6 Å². The molecule has 1 heterocycles. The first-order valence-corrected chi connectivity index (χ1v) is 7.87. The Morgan fingerprint density at radius 2 is 2.10 bits per heavy atom. The predicted octanol–water partition coefficient (Wildman–Crippen LogP) is 1.26. The van der Waals surface area contributed by atoms with Crippen LogP contribution in [0.25, 0.3) is 0 Å². The van der Waals surface area contributed by atoms with Crippen molar-refractivity contribution < 1.29 is 17.6 Å². The molecule has 1 atom stereocenters. The van der Waals surface area contributed by atoms with Gasteiger partial charge >= 0.3 is 0 Å². The van der Waals surface area contributed by atoms with E-state index < -0.39 is 15.8 Å². The average molecular weight is 300 g/mol. The van der Waals surface area contributed by atoms with Crippen LogP contribution >= 0.6 is 0 Å². The van der Waals surface area contributed by atoms with Gasteiger partial charge in [0.15, 0.2) is 0 Å². The van der Waals surface area contributed by atoms with Gasteiger partial charge in [0, 0.05) is 24.2 Å². The highest BCUT2D eigenvalue weighted by Crippen LogP contribution is 2.23. The van der Waals surface area contributed by atoms with Crippen molar-refractivity contribution in [2.75, 3.05) is 13.1 Å². The van der Waals surface area contributed by atoms with E-state index in [1.54, 1.807) is 4.90 Å². The summed E-state index contributed by atoms with van der Waals surface area (Å²) in [7, 11) is -4.06. The molecule has 0 aromatic heterocycles. The summed E-state index contributed by atoms with van der Waals surface area (Å²) < 4.78 is 36.7. The number of halogens is 1. The normalized spacial score (nSPS) is 19.4.